The molecule has 5 nitrogen and oxygen atoms in total. The molecule has 136 valence electrons. The van der Waals surface area contributed by atoms with Crippen molar-refractivity contribution in [1.82, 2.24) is 10.1 Å². The van der Waals surface area contributed by atoms with Crippen LogP contribution < -0.4 is 5.73 Å². The van der Waals surface area contributed by atoms with Crippen LogP contribution in [0.2, 0.25) is 0 Å². The third kappa shape index (κ3) is 4.05. The zero-order valence-corrected chi connectivity index (χ0v) is 15.5. The Morgan fingerprint density at radius 3 is 2.72 bits per heavy atom. The second kappa shape index (κ2) is 8.50. The molecular formula is C19H26ClN3O2. The van der Waals surface area contributed by atoms with Crippen LogP contribution in [0.3, 0.4) is 0 Å². The molecule has 1 aromatic carbocycles. The van der Waals surface area contributed by atoms with Crippen molar-refractivity contribution in [1.29, 1.82) is 0 Å². The van der Waals surface area contributed by atoms with Gasteiger partial charge in [0.2, 0.25) is 5.76 Å². The molecule has 3 atom stereocenters. The Kier molecular flexibility index (Phi) is 6.62. The van der Waals surface area contributed by atoms with Crippen molar-refractivity contribution in [3.05, 3.63) is 53.4 Å². The van der Waals surface area contributed by atoms with Crippen molar-refractivity contribution in [3.8, 4) is 0 Å². The normalized spacial score (nSPS) is 21.0. The zero-order chi connectivity index (χ0) is 17.1. The van der Waals surface area contributed by atoms with Crippen molar-refractivity contribution >= 4 is 18.3 Å². The fraction of sp³-hybridized carbons (Fsp3) is 0.474. The van der Waals surface area contributed by atoms with Crippen LogP contribution in [0.15, 0.2) is 40.9 Å². The van der Waals surface area contributed by atoms with Crippen LogP contribution in [0.5, 0.6) is 0 Å². The molecule has 2 heterocycles. The van der Waals surface area contributed by atoms with Gasteiger partial charge < -0.3 is 15.2 Å². The summed E-state index contributed by atoms with van der Waals surface area (Å²) in [6, 6.07) is 12.1. The summed E-state index contributed by atoms with van der Waals surface area (Å²) < 4.78 is 5.30. The van der Waals surface area contributed by atoms with E-state index in [1.54, 1.807) is 6.07 Å². The van der Waals surface area contributed by atoms with Crippen molar-refractivity contribution in [2.75, 3.05) is 19.6 Å². The highest BCUT2D eigenvalue weighted by molar-refractivity contribution is 5.91. The average Bonchev–Trinajstić information content (AvgIpc) is 3.28. The second-order valence-electron chi connectivity index (χ2n) is 6.65. The standard InChI is InChI=1S/C19H25N3O2.ClH/c1-3-13(2)17-9-18(24-21-17)19(23)22-11-15(10-20)16(12-22)14-7-5-4-6-8-14;/h4-9,13,15-16H,3,10-12,20H2,1-2H3;1H/t13?,15-,16+;/m1./s1. The number of rotatable bonds is 5. The number of hydrogen-bond acceptors (Lipinski definition) is 4. The Morgan fingerprint density at radius 1 is 1.36 bits per heavy atom. The van der Waals surface area contributed by atoms with E-state index in [1.165, 1.54) is 5.56 Å². The number of benzene rings is 1. The lowest BCUT2D eigenvalue weighted by Crippen LogP contribution is -2.29. The summed E-state index contributed by atoms with van der Waals surface area (Å²) in [4.78, 5) is 14.6. The first-order valence-corrected chi connectivity index (χ1v) is 8.64. The maximum atomic E-state index is 12.8. The Hall–Kier alpha value is -1.85. The maximum Gasteiger partial charge on any atom is 0.292 e. The van der Waals surface area contributed by atoms with Crippen LogP contribution in [-0.4, -0.2) is 35.6 Å². The van der Waals surface area contributed by atoms with Crippen molar-refractivity contribution in [2.45, 2.75) is 32.1 Å². The highest BCUT2D eigenvalue weighted by Crippen LogP contribution is 2.33. The van der Waals surface area contributed by atoms with E-state index in [4.69, 9.17) is 10.3 Å². The van der Waals surface area contributed by atoms with Crippen molar-refractivity contribution in [3.63, 3.8) is 0 Å². The van der Waals surface area contributed by atoms with Gasteiger partial charge in [0, 0.05) is 31.0 Å². The van der Waals surface area contributed by atoms with Gasteiger partial charge in [-0.1, -0.05) is 49.3 Å². The summed E-state index contributed by atoms with van der Waals surface area (Å²) in [7, 11) is 0. The molecule has 1 amide bonds. The zero-order valence-electron chi connectivity index (χ0n) is 14.7. The molecule has 0 aliphatic carbocycles. The highest BCUT2D eigenvalue weighted by Gasteiger charge is 2.36. The van der Waals surface area contributed by atoms with Crippen LogP contribution >= 0.6 is 12.4 Å². The van der Waals surface area contributed by atoms with E-state index in [2.05, 4.69) is 31.1 Å². The fourth-order valence-corrected chi connectivity index (χ4v) is 3.34. The molecular weight excluding hydrogens is 338 g/mol. The van der Waals surface area contributed by atoms with Gasteiger partial charge in [0.15, 0.2) is 0 Å². The minimum Gasteiger partial charge on any atom is -0.351 e. The van der Waals surface area contributed by atoms with E-state index in [-0.39, 0.29) is 30.2 Å². The lowest BCUT2D eigenvalue weighted by Gasteiger charge is -2.16. The largest absolute Gasteiger partial charge is 0.351 e. The molecule has 0 radical (unpaired) electrons. The Labute approximate surface area is 155 Å². The number of carbonyl (C=O) groups is 1. The van der Waals surface area contributed by atoms with Gasteiger partial charge in [-0.3, -0.25) is 4.79 Å². The number of nitrogens with two attached hydrogens (primary N) is 1. The van der Waals surface area contributed by atoms with E-state index in [9.17, 15) is 4.79 Å². The van der Waals surface area contributed by atoms with Crippen LogP contribution in [0.4, 0.5) is 0 Å². The van der Waals surface area contributed by atoms with Gasteiger partial charge in [0.1, 0.15) is 0 Å². The molecule has 25 heavy (non-hydrogen) atoms. The molecule has 0 bridgehead atoms. The summed E-state index contributed by atoms with van der Waals surface area (Å²) in [6.07, 6.45) is 0.967. The quantitative estimate of drug-likeness (QED) is 0.883. The second-order valence-corrected chi connectivity index (χ2v) is 6.65. The molecule has 1 aromatic heterocycles. The Morgan fingerprint density at radius 2 is 2.08 bits per heavy atom. The van der Waals surface area contributed by atoms with Gasteiger partial charge in [-0.25, -0.2) is 0 Å². The van der Waals surface area contributed by atoms with Gasteiger partial charge in [0.05, 0.1) is 5.69 Å². The Bertz CT molecular complexity index is 689. The van der Waals surface area contributed by atoms with Gasteiger partial charge in [-0.2, -0.15) is 0 Å². The smallest absolute Gasteiger partial charge is 0.292 e. The van der Waals surface area contributed by atoms with E-state index < -0.39 is 0 Å². The van der Waals surface area contributed by atoms with Gasteiger partial charge in [-0.05, 0) is 24.4 Å². The summed E-state index contributed by atoms with van der Waals surface area (Å²) >= 11 is 0. The number of carbonyl (C=O) groups excluding carboxylic acids is 1. The minimum absolute atomic E-state index is 0. The first kappa shape index (κ1) is 19.5. The minimum atomic E-state index is -0.0889. The molecule has 1 aliphatic rings. The van der Waals surface area contributed by atoms with E-state index in [0.29, 0.717) is 31.3 Å². The predicted octanol–water partition coefficient (Wildman–Crippen LogP) is 3.42. The van der Waals surface area contributed by atoms with Crippen molar-refractivity contribution < 1.29 is 9.32 Å². The molecule has 1 aliphatic heterocycles. The number of aromatic nitrogens is 1. The number of nitrogens with zero attached hydrogens (tertiary/aromatic N) is 2. The number of halogens is 1. The molecule has 1 saturated heterocycles. The number of amides is 1. The van der Waals surface area contributed by atoms with E-state index >= 15 is 0 Å². The van der Waals surface area contributed by atoms with Gasteiger partial charge >= 0.3 is 0 Å². The summed E-state index contributed by atoms with van der Waals surface area (Å²) in [5.41, 5.74) is 8.03. The van der Waals surface area contributed by atoms with Crippen LogP contribution in [-0.2, 0) is 0 Å². The molecule has 6 heteroatoms. The average molecular weight is 364 g/mol. The van der Waals surface area contributed by atoms with Crippen LogP contribution in [0, 0.1) is 5.92 Å². The topological polar surface area (TPSA) is 72.4 Å². The third-order valence-corrected chi connectivity index (χ3v) is 5.12. The summed E-state index contributed by atoms with van der Waals surface area (Å²) in [5, 5.41) is 4.05. The first-order chi connectivity index (χ1) is 11.6. The molecule has 2 aromatic rings. The van der Waals surface area contributed by atoms with Crippen LogP contribution in [0.1, 0.15) is 53.9 Å². The van der Waals surface area contributed by atoms with E-state index in [1.807, 2.05) is 23.1 Å². The number of likely N-dealkylation sites (tertiary alicyclic amines) is 1. The molecule has 0 spiro atoms. The third-order valence-electron chi connectivity index (χ3n) is 5.12. The SMILES string of the molecule is CCC(C)c1cc(C(=O)N2C[C@@H](CN)[C@H](c3ccccc3)C2)on1.Cl. The molecule has 2 N–H and O–H groups in total. The van der Waals surface area contributed by atoms with Crippen LogP contribution in [0.25, 0.3) is 0 Å². The molecule has 0 saturated carbocycles. The lowest BCUT2D eigenvalue weighted by molar-refractivity contribution is 0.0744. The Balaban J connectivity index is 0.00000225. The fourth-order valence-electron chi connectivity index (χ4n) is 3.34. The highest BCUT2D eigenvalue weighted by atomic mass is 35.5. The molecule has 1 unspecified atom stereocenters. The molecule has 3 rings (SSSR count). The summed E-state index contributed by atoms with van der Waals surface area (Å²) in [5.74, 6) is 1.08. The predicted molar refractivity (Wildman–Crippen MR) is 100 cm³/mol. The maximum absolute atomic E-state index is 12.8. The van der Waals surface area contributed by atoms with Crippen molar-refractivity contribution in [2.24, 2.45) is 11.7 Å². The monoisotopic (exact) mass is 363 g/mol. The number of hydrogen-bond donors (Lipinski definition) is 1. The first-order valence-electron chi connectivity index (χ1n) is 8.64. The molecule has 1 fully saturated rings. The summed E-state index contributed by atoms with van der Waals surface area (Å²) in [6.45, 7) is 6.08. The lowest BCUT2D eigenvalue weighted by atomic mass is 9.89. The van der Waals surface area contributed by atoms with E-state index in [0.717, 1.165) is 12.1 Å². The van der Waals surface area contributed by atoms with Gasteiger partial charge in [-0.15, -0.1) is 12.4 Å². The van der Waals surface area contributed by atoms with Gasteiger partial charge in [0.25, 0.3) is 5.91 Å².